The molecular weight excluding hydrogens is 318 g/mol. The third-order valence-corrected chi connectivity index (χ3v) is 3.73. The van der Waals surface area contributed by atoms with E-state index >= 15 is 0 Å². The molecule has 3 rings (SSSR count). The standard InChI is InChI=1S/C17H14F2N2O3/c1-21-13-7-6-11(9-14(13)24-17(21)23)20-15(22)8-5-10-3-2-4-12(18)16(10)19/h2-4,6-7,9H,5,8H2,1H3,(H,20,22). The number of hydrogen-bond donors (Lipinski definition) is 1. The van der Waals surface area contributed by atoms with Gasteiger partial charge in [0.15, 0.2) is 17.2 Å². The molecule has 0 bridgehead atoms. The van der Waals surface area contributed by atoms with Gasteiger partial charge in [0.05, 0.1) is 5.52 Å². The van der Waals surface area contributed by atoms with Crippen molar-refractivity contribution < 1.29 is 18.0 Å². The topological polar surface area (TPSA) is 64.2 Å². The number of aryl methyl sites for hydroxylation is 2. The molecule has 0 atom stereocenters. The normalized spacial score (nSPS) is 11.0. The first kappa shape index (κ1) is 15.9. The number of nitrogens with zero attached hydrogens (tertiary/aromatic N) is 1. The van der Waals surface area contributed by atoms with Crippen molar-refractivity contribution in [1.29, 1.82) is 0 Å². The highest BCUT2D eigenvalue weighted by molar-refractivity contribution is 5.92. The Morgan fingerprint density at radius 1 is 1.25 bits per heavy atom. The Kier molecular flexibility index (Phi) is 4.16. The Morgan fingerprint density at radius 2 is 2.04 bits per heavy atom. The highest BCUT2D eigenvalue weighted by atomic mass is 19.2. The molecule has 1 amide bonds. The van der Waals surface area contributed by atoms with Gasteiger partial charge in [0.1, 0.15) is 0 Å². The Morgan fingerprint density at radius 3 is 2.83 bits per heavy atom. The third kappa shape index (κ3) is 3.05. The van der Waals surface area contributed by atoms with E-state index in [1.165, 1.54) is 22.8 Å². The molecule has 0 saturated carbocycles. The lowest BCUT2D eigenvalue weighted by molar-refractivity contribution is -0.116. The molecule has 0 aliphatic rings. The summed E-state index contributed by atoms with van der Waals surface area (Å²) in [4.78, 5) is 23.4. The fourth-order valence-corrected chi connectivity index (χ4v) is 2.42. The van der Waals surface area contributed by atoms with Gasteiger partial charge < -0.3 is 9.73 Å². The van der Waals surface area contributed by atoms with E-state index in [4.69, 9.17) is 4.42 Å². The molecule has 1 heterocycles. The van der Waals surface area contributed by atoms with E-state index in [0.717, 1.165) is 6.07 Å². The molecule has 5 nitrogen and oxygen atoms in total. The molecule has 0 aliphatic carbocycles. The van der Waals surface area contributed by atoms with E-state index in [0.29, 0.717) is 16.8 Å². The van der Waals surface area contributed by atoms with Crippen LogP contribution in [0.2, 0.25) is 0 Å². The average molecular weight is 332 g/mol. The second-order valence-corrected chi connectivity index (χ2v) is 5.37. The van der Waals surface area contributed by atoms with Crippen molar-refractivity contribution in [3.05, 3.63) is 64.1 Å². The number of fused-ring (bicyclic) bond motifs is 1. The summed E-state index contributed by atoms with van der Waals surface area (Å²) in [6.07, 6.45) is 0.0786. The largest absolute Gasteiger partial charge is 0.419 e. The number of hydrogen-bond acceptors (Lipinski definition) is 3. The predicted octanol–water partition coefficient (Wildman–Crippen LogP) is 2.98. The molecule has 0 saturated heterocycles. The van der Waals surface area contributed by atoms with Gasteiger partial charge in [-0.25, -0.2) is 13.6 Å². The lowest BCUT2D eigenvalue weighted by Crippen LogP contribution is -2.12. The van der Waals surface area contributed by atoms with Crippen LogP contribution in [0, 0.1) is 11.6 Å². The molecule has 0 spiro atoms. The fourth-order valence-electron chi connectivity index (χ4n) is 2.42. The van der Waals surface area contributed by atoms with E-state index < -0.39 is 17.4 Å². The Balaban J connectivity index is 1.68. The maximum absolute atomic E-state index is 13.5. The number of anilines is 1. The maximum Gasteiger partial charge on any atom is 0.419 e. The zero-order valence-corrected chi connectivity index (χ0v) is 12.8. The van der Waals surface area contributed by atoms with Crippen molar-refractivity contribution in [3.8, 4) is 0 Å². The number of carbonyl (C=O) groups excluding carboxylic acids is 1. The van der Waals surface area contributed by atoms with Crippen molar-refractivity contribution in [2.75, 3.05) is 5.32 Å². The summed E-state index contributed by atoms with van der Waals surface area (Å²) >= 11 is 0. The zero-order valence-electron chi connectivity index (χ0n) is 12.8. The lowest BCUT2D eigenvalue weighted by atomic mass is 10.1. The number of rotatable bonds is 4. The smallest absolute Gasteiger partial charge is 0.408 e. The molecule has 2 aromatic carbocycles. The number of nitrogens with one attached hydrogen (secondary N) is 1. The van der Waals surface area contributed by atoms with Gasteiger partial charge in [-0.05, 0) is 30.2 Å². The number of carbonyl (C=O) groups is 1. The molecule has 124 valence electrons. The lowest BCUT2D eigenvalue weighted by Gasteiger charge is -2.06. The first-order chi connectivity index (χ1) is 11.5. The summed E-state index contributed by atoms with van der Waals surface area (Å²) in [6, 6.07) is 8.70. The number of aromatic nitrogens is 1. The summed E-state index contributed by atoms with van der Waals surface area (Å²) in [5, 5.41) is 2.64. The highest BCUT2D eigenvalue weighted by Crippen LogP contribution is 2.18. The second kappa shape index (κ2) is 6.27. The quantitative estimate of drug-likeness (QED) is 0.799. The number of halogens is 2. The minimum absolute atomic E-state index is 0.00283. The van der Waals surface area contributed by atoms with Crippen molar-refractivity contribution in [2.24, 2.45) is 7.05 Å². The van der Waals surface area contributed by atoms with Crippen LogP contribution < -0.4 is 11.1 Å². The van der Waals surface area contributed by atoms with Crippen LogP contribution >= 0.6 is 0 Å². The van der Waals surface area contributed by atoms with Crippen LogP contribution in [0.25, 0.3) is 11.1 Å². The fraction of sp³-hybridized carbons (Fsp3) is 0.176. The third-order valence-electron chi connectivity index (χ3n) is 3.73. The van der Waals surface area contributed by atoms with Crippen LogP contribution in [0.4, 0.5) is 14.5 Å². The summed E-state index contributed by atoms with van der Waals surface area (Å²) in [7, 11) is 1.58. The van der Waals surface area contributed by atoms with Crippen LogP contribution in [0.15, 0.2) is 45.6 Å². The molecule has 7 heteroatoms. The van der Waals surface area contributed by atoms with Gasteiger partial charge >= 0.3 is 5.76 Å². The molecule has 0 aliphatic heterocycles. The van der Waals surface area contributed by atoms with Crippen LogP contribution in [0.3, 0.4) is 0 Å². The zero-order chi connectivity index (χ0) is 17.3. The maximum atomic E-state index is 13.5. The van der Waals surface area contributed by atoms with Crippen LogP contribution in [-0.2, 0) is 18.3 Å². The summed E-state index contributed by atoms with van der Waals surface area (Å²) in [6.45, 7) is 0. The predicted molar refractivity (Wildman–Crippen MR) is 84.8 cm³/mol. The molecular formula is C17H14F2N2O3. The van der Waals surface area contributed by atoms with Gasteiger partial charge in [-0.3, -0.25) is 9.36 Å². The number of oxazole rings is 1. The van der Waals surface area contributed by atoms with Crippen molar-refractivity contribution >= 4 is 22.7 Å². The van der Waals surface area contributed by atoms with Gasteiger partial charge in [-0.15, -0.1) is 0 Å². The van der Waals surface area contributed by atoms with Crippen LogP contribution in [0.1, 0.15) is 12.0 Å². The van der Waals surface area contributed by atoms with Gasteiger partial charge in [-0.2, -0.15) is 0 Å². The van der Waals surface area contributed by atoms with E-state index in [1.54, 1.807) is 19.2 Å². The van der Waals surface area contributed by atoms with E-state index in [9.17, 15) is 18.4 Å². The molecule has 3 aromatic rings. The van der Waals surface area contributed by atoms with E-state index in [2.05, 4.69) is 5.32 Å². The molecule has 0 unspecified atom stereocenters. The molecule has 0 radical (unpaired) electrons. The minimum Gasteiger partial charge on any atom is -0.408 e. The second-order valence-electron chi connectivity index (χ2n) is 5.37. The van der Waals surface area contributed by atoms with Crippen molar-refractivity contribution in [3.63, 3.8) is 0 Å². The molecule has 24 heavy (non-hydrogen) atoms. The summed E-state index contributed by atoms with van der Waals surface area (Å²) < 4.78 is 33.1. The van der Waals surface area contributed by atoms with Gasteiger partial charge in [-0.1, -0.05) is 12.1 Å². The van der Waals surface area contributed by atoms with E-state index in [1.807, 2.05) is 0 Å². The molecule has 1 N–H and O–H groups in total. The molecule has 1 aromatic heterocycles. The van der Waals surface area contributed by atoms with Crippen molar-refractivity contribution in [2.45, 2.75) is 12.8 Å². The minimum atomic E-state index is -0.933. The van der Waals surface area contributed by atoms with Gasteiger partial charge in [0, 0.05) is 25.2 Å². The van der Waals surface area contributed by atoms with E-state index in [-0.39, 0.29) is 24.3 Å². The number of benzene rings is 2. The summed E-state index contributed by atoms with van der Waals surface area (Å²) in [5.74, 6) is -2.71. The monoisotopic (exact) mass is 332 g/mol. The van der Waals surface area contributed by atoms with Crippen LogP contribution in [0.5, 0.6) is 0 Å². The Hall–Kier alpha value is -2.96. The molecule has 0 fully saturated rings. The van der Waals surface area contributed by atoms with Gasteiger partial charge in [0.25, 0.3) is 0 Å². The first-order valence-corrected chi connectivity index (χ1v) is 7.28. The highest BCUT2D eigenvalue weighted by Gasteiger charge is 2.11. The first-order valence-electron chi connectivity index (χ1n) is 7.28. The van der Waals surface area contributed by atoms with Crippen LogP contribution in [-0.4, -0.2) is 10.5 Å². The SMILES string of the molecule is Cn1c(=O)oc2cc(NC(=O)CCc3cccc(F)c3F)ccc21. The Bertz CT molecular complexity index is 976. The summed E-state index contributed by atoms with van der Waals surface area (Å²) in [5.41, 5.74) is 1.58. The van der Waals surface area contributed by atoms with Gasteiger partial charge in [0.2, 0.25) is 5.91 Å². The van der Waals surface area contributed by atoms with Crippen molar-refractivity contribution in [1.82, 2.24) is 4.57 Å². The Labute approximate surface area is 135 Å². The average Bonchev–Trinajstić information content (AvgIpc) is 2.83. The number of amides is 1.